The van der Waals surface area contributed by atoms with E-state index in [0.717, 1.165) is 18.6 Å². The summed E-state index contributed by atoms with van der Waals surface area (Å²) in [4.78, 5) is 11.9. The van der Waals surface area contributed by atoms with E-state index in [9.17, 15) is 9.18 Å². The van der Waals surface area contributed by atoms with Crippen LogP contribution in [0.4, 0.5) is 4.39 Å². The zero-order chi connectivity index (χ0) is 10.8. The Labute approximate surface area is 101 Å². The maximum atomic E-state index is 13.6. The molecular formula is C11H10BrFOS. The summed E-state index contributed by atoms with van der Waals surface area (Å²) in [6.45, 7) is 0. The second kappa shape index (κ2) is 4.66. The SMILES string of the molecule is O=C(c1cccc(Br)c1F)C1CCCS1. The lowest BCUT2D eigenvalue weighted by Crippen LogP contribution is -2.15. The minimum absolute atomic E-state index is 0.0474. The molecule has 1 aromatic rings. The molecule has 1 saturated heterocycles. The normalized spacial score (nSPS) is 20.5. The summed E-state index contributed by atoms with van der Waals surface area (Å²) in [5, 5.41) is -0.0474. The van der Waals surface area contributed by atoms with Crippen LogP contribution in [0.2, 0.25) is 0 Å². The topological polar surface area (TPSA) is 17.1 Å². The molecule has 0 bridgehead atoms. The van der Waals surface area contributed by atoms with Crippen LogP contribution in [0.1, 0.15) is 23.2 Å². The number of ketones is 1. The van der Waals surface area contributed by atoms with Crippen molar-refractivity contribution in [2.24, 2.45) is 0 Å². The molecular weight excluding hydrogens is 279 g/mol. The molecule has 1 nitrogen and oxygen atoms in total. The van der Waals surface area contributed by atoms with Gasteiger partial charge in [-0.3, -0.25) is 4.79 Å². The Balaban J connectivity index is 2.28. The molecule has 1 unspecified atom stereocenters. The number of halogens is 2. The van der Waals surface area contributed by atoms with Gasteiger partial charge in [-0.2, -0.15) is 11.8 Å². The highest BCUT2D eigenvalue weighted by atomic mass is 79.9. The summed E-state index contributed by atoms with van der Waals surface area (Å²) < 4.78 is 14.0. The number of thioether (sulfide) groups is 1. The zero-order valence-corrected chi connectivity index (χ0v) is 10.4. The summed E-state index contributed by atoms with van der Waals surface area (Å²) in [6, 6.07) is 4.86. The lowest BCUT2D eigenvalue weighted by atomic mass is 10.1. The Morgan fingerprint density at radius 3 is 3.00 bits per heavy atom. The van der Waals surface area contributed by atoms with Gasteiger partial charge in [0.2, 0.25) is 0 Å². The van der Waals surface area contributed by atoms with Crippen LogP contribution in [-0.2, 0) is 0 Å². The monoisotopic (exact) mass is 288 g/mol. The predicted octanol–water partition coefficient (Wildman–Crippen LogP) is 3.67. The zero-order valence-electron chi connectivity index (χ0n) is 8.00. The van der Waals surface area contributed by atoms with Crippen LogP contribution in [0.25, 0.3) is 0 Å². The number of rotatable bonds is 2. The van der Waals surface area contributed by atoms with Crippen LogP contribution in [0.3, 0.4) is 0 Å². The standard InChI is InChI=1S/C11H10BrFOS/c12-8-4-1-3-7(10(8)13)11(14)9-5-2-6-15-9/h1,3-4,9H,2,5-6H2. The van der Waals surface area contributed by atoms with Gasteiger partial charge in [0.05, 0.1) is 15.3 Å². The second-order valence-electron chi connectivity index (χ2n) is 3.47. The van der Waals surface area contributed by atoms with Crippen molar-refractivity contribution in [2.45, 2.75) is 18.1 Å². The molecule has 1 fully saturated rings. The van der Waals surface area contributed by atoms with E-state index in [-0.39, 0.29) is 16.6 Å². The van der Waals surface area contributed by atoms with Crippen molar-refractivity contribution >= 4 is 33.5 Å². The van der Waals surface area contributed by atoms with Crippen LogP contribution in [0, 0.1) is 5.82 Å². The number of carbonyl (C=O) groups excluding carboxylic acids is 1. The molecule has 1 aliphatic rings. The predicted molar refractivity (Wildman–Crippen MR) is 63.9 cm³/mol. The van der Waals surface area contributed by atoms with Crippen LogP contribution in [-0.4, -0.2) is 16.8 Å². The fourth-order valence-corrected chi connectivity index (χ4v) is 3.25. The van der Waals surface area contributed by atoms with Gasteiger partial charge in [0.25, 0.3) is 0 Å². The molecule has 1 atom stereocenters. The summed E-state index contributed by atoms with van der Waals surface area (Å²) in [7, 11) is 0. The van der Waals surface area contributed by atoms with Crippen LogP contribution >= 0.6 is 27.7 Å². The van der Waals surface area contributed by atoms with E-state index in [1.165, 1.54) is 0 Å². The van der Waals surface area contributed by atoms with Crippen molar-refractivity contribution in [3.05, 3.63) is 34.1 Å². The first-order valence-electron chi connectivity index (χ1n) is 4.80. The maximum absolute atomic E-state index is 13.6. The van der Waals surface area contributed by atoms with Crippen molar-refractivity contribution < 1.29 is 9.18 Å². The molecule has 2 rings (SSSR count). The Morgan fingerprint density at radius 2 is 2.33 bits per heavy atom. The first kappa shape index (κ1) is 11.1. The Morgan fingerprint density at radius 1 is 1.53 bits per heavy atom. The third kappa shape index (κ3) is 2.26. The summed E-state index contributed by atoms with van der Waals surface area (Å²) in [6.07, 6.45) is 1.92. The molecule has 15 heavy (non-hydrogen) atoms. The quantitative estimate of drug-likeness (QED) is 0.773. The van der Waals surface area contributed by atoms with E-state index in [1.54, 1.807) is 30.0 Å². The highest BCUT2D eigenvalue weighted by molar-refractivity contribution is 9.10. The average Bonchev–Trinajstić information content (AvgIpc) is 2.74. The first-order valence-corrected chi connectivity index (χ1v) is 6.64. The molecule has 0 saturated carbocycles. The van der Waals surface area contributed by atoms with Gasteiger partial charge < -0.3 is 0 Å². The van der Waals surface area contributed by atoms with E-state index in [1.807, 2.05) is 0 Å². The molecule has 0 N–H and O–H groups in total. The molecule has 1 heterocycles. The van der Waals surface area contributed by atoms with E-state index < -0.39 is 5.82 Å². The third-order valence-electron chi connectivity index (χ3n) is 2.44. The average molecular weight is 289 g/mol. The first-order chi connectivity index (χ1) is 7.20. The highest BCUT2D eigenvalue weighted by Gasteiger charge is 2.26. The minimum Gasteiger partial charge on any atom is -0.293 e. The van der Waals surface area contributed by atoms with Gasteiger partial charge >= 0.3 is 0 Å². The minimum atomic E-state index is -0.435. The molecule has 4 heteroatoms. The van der Waals surface area contributed by atoms with E-state index >= 15 is 0 Å². The number of Topliss-reactive ketones (excluding diaryl/α,β-unsaturated/α-hetero) is 1. The van der Waals surface area contributed by atoms with Gasteiger partial charge in [-0.05, 0) is 46.7 Å². The Kier molecular flexibility index (Phi) is 3.46. The number of hydrogen-bond donors (Lipinski definition) is 0. The number of hydrogen-bond acceptors (Lipinski definition) is 2. The Bertz CT molecular complexity index is 388. The van der Waals surface area contributed by atoms with E-state index in [0.29, 0.717) is 4.47 Å². The molecule has 1 aliphatic heterocycles. The highest BCUT2D eigenvalue weighted by Crippen LogP contribution is 2.30. The molecule has 1 aromatic carbocycles. The van der Waals surface area contributed by atoms with Gasteiger partial charge in [0, 0.05) is 0 Å². The lowest BCUT2D eigenvalue weighted by Gasteiger charge is -2.08. The lowest BCUT2D eigenvalue weighted by molar-refractivity contribution is 0.0984. The molecule has 0 spiro atoms. The van der Waals surface area contributed by atoms with Gasteiger partial charge in [0.1, 0.15) is 5.82 Å². The van der Waals surface area contributed by atoms with Gasteiger partial charge in [-0.1, -0.05) is 6.07 Å². The molecule has 80 valence electrons. The molecule has 0 amide bonds. The largest absolute Gasteiger partial charge is 0.293 e. The van der Waals surface area contributed by atoms with Crippen molar-refractivity contribution in [3.63, 3.8) is 0 Å². The molecule has 0 radical (unpaired) electrons. The fraction of sp³-hybridized carbons (Fsp3) is 0.364. The van der Waals surface area contributed by atoms with E-state index in [2.05, 4.69) is 15.9 Å². The van der Waals surface area contributed by atoms with Crippen molar-refractivity contribution in [1.82, 2.24) is 0 Å². The van der Waals surface area contributed by atoms with Crippen molar-refractivity contribution in [2.75, 3.05) is 5.75 Å². The number of carbonyl (C=O) groups is 1. The third-order valence-corrected chi connectivity index (χ3v) is 4.43. The van der Waals surface area contributed by atoms with E-state index in [4.69, 9.17) is 0 Å². The number of benzene rings is 1. The van der Waals surface area contributed by atoms with Crippen LogP contribution in [0.15, 0.2) is 22.7 Å². The van der Waals surface area contributed by atoms with Crippen LogP contribution in [0.5, 0.6) is 0 Å². The van der Waals surface area contributed by atoms with Crippen molar-refractivity contribution in [1.29, 1.82) is 0 Å². The van der Waals surface area contributed by atoms with Crippen molar-refractivity contribution in [3.8, 4) is 0 Å². The summed E-state index contributed by atoms with van der Waals surface area (Å²) in [5.74, 6) is 0.498. The molecule has 0 aliphatic carbocycles. The summed E-state index contributed by atoms with van der Waals surface area (Å²) >= 11 is 4.72. The fourth-order valence-electron chi connectivity index (χ4n) is 1.65. The Hall–Kier alpha value is -0.350. The maximum Gasteiger partial charge on any atom is 0.178 e. The smallest absolute Gasteiger partial charge is 0.178 e. The second-order valence-corrected chi connectivity index (χ2v) is 5.63. The van der Waals surface area contributed by atoms with Gasteiger partial charge in [-0.25, -0.2) is 4.39 Å². The van der Waals surface area contributed by atoms with Gasteiger partial charge in [-0.15, -0.1) is 0 Å². The van der Waals surface area contributed by atoms with Gasteiger partial charge in [0.15, 0.2) is 5.78 Å². The van der Waals surface area contributed by atoms with Crippen LogP contribution < -0.4 is 0 Å². The summed E-state index contributed by atoms with van der Waals surface area (Å²) in [5.41, 5.74) is 0.212. The molecule has 0 aromatic heterocycles.